The zero-order valence-electron chi connectivity index (χ0n) is 13.8. The molecule has 0 aliphatic rings. The standard InChI is InChI=1S/C21H20NO2P/c23-16-15-22-21(24)19-13-7-8-14-20(19)25(17-9-3-1-4-10-17)18-11-5-2-6-12-18/h1-14,23H,15-16H2,(H,22,24). The monoisotopic (exact) mass is 349 g/mol. The third-order valence-corrected chi connectivity index (χ3v) is 6.32. The van der Waals surface area contributed by atoms with E-state index in [-0.39, 0.29) is 19.1 Å². The predicted octanol–water partition coefficient (Wildman–Crippen LogP) is 2.17. The van der Waals surface area contributed by atoms with Gasteiger partial charge in [-0.05, 0) is 29.9 Å². The average molecular weight is 349 g/mol. The Morgan fingerprint density at radius 3 is 1.88 bits per heavy atom. The van der Waals surface area contributed by atoms with Crippen LogP contribution in [0.3, 0.4) is 0 Å². The van der Waals surface area contributed by atoms with Crippen LogP contribution in [0.1, 0.15) is 10.4 Å². The quantitative estimate of drug-likeness (QED) is 0.670. The van der Waals surface area contributed by atoms with Crippen LogP contribution in [-0.4, -0.2) is 24.2 Å². The third-order valence-electron chi connectivity index (χ3n) is 3.82. The Morgan fingerprint density at radius 1 is 0.800 bits per heavy atom. The summed E-state index contributed by atoms with van der Waals surface area (Å²) in [6, 6.07) is 28.3. The second-order valence-electron chi connectivity index (χ2n) is 5.50. The van der Waals surface area contributed by atoms with E-state index in [2.05, 4.69) is 29.6 Å². The zero-order valence-corrected chi connectivity index (χ0v) is 14.7. The van der Waals surface area contributed by atoms with Crippen molar-refractivity contribution in [1.29, 1.82) is 0 Å². The van der Waals surface area contributed by atoms with Crippen LogP contribution in [0.25, 0.3) is 0 Å². The number of aliphatic hydroxyl groups is 1. The molecule has 3 aromatic rings. The molecule has 3 aromatic carbocycles. The van der Waals surface area contributed by atoms with Gasteiger partial charge in [-0.1, -0.05) is 78.9 Å². The Bertz CT molecular complexity index is 782. The fraction of sp³-hybridized carbons (Fsp3) is 0.0952. The van der Waals surface area contributed by atoms with Crippen LogP contribution in [-0.2, 0) is 0 Å². The van der Waals surface area contributed by atoms with Gasteiger partial charge < -0.3 is 10.4 Å². The molecule has 0 heterocycles. The van der Waals surface area contributed by atoms with Crippen molar-refractivity contribution >= 4 is 29.7 Å². The van der Waals surface area contributed by atoms with Crippen LogP contribution >= 0.6 is 7.92 Å². The number of carbonyl (C=O) groups excluding carboxylic acids is 1. The van der Waals surface area contributed by atoms with Crippen molar-refractivity contribution in [2.75, 3.05) is 13.2 Å². The van der Waals surface area contributed by atoms with Gasteiger partial charge in [-0.3, -0.25) is 4.79 Å². The molecule has 0 radical (unpaired) electrons. The van der Waals surface area contributed by atoms with Crippen molar-refractivity contribution in [3.8, 4) is 0 Å². The molecular weight excluding hydrogens is 329 g/mol. The molecule has 126 valence electrons. The molecular formula is C21H20NO2P. The van der Waals surface area contributed by atoms with Crippen LogP contribution in [0.15, 0.2) is 84.9 Å². The fourth-order valence-electron chi connectivity index (χ4n) is 2.71. The van der Waals surface area contributed by atoms with Gasteiger partial charge in [0.25, 0.3) is 5.91 Å². The zero-order chi connectivity index (χ0) is 17.5. The van der Waals surface area contributed by atoms with Crippen molar-refractivity contribution in [3.05, 3.63) is 90.5 Å². The lowest BCUT2D eigenvalue weighted by atomic mass is 10.2. The van der Waals surface area contributed by atoms with Gasteiger partial charge in [-0.25, -0.2) is 0 Å². The SMILES string of the molecule is O=C(NCCO)c1ccccc1P(c1ccccc1)c1ccccc1. The molecule has 3 nitrogen and oxygen atoms in total. The summed E-state index contributed by atoms with van der Waals surface area (Å²) in [4.78, 5) is 12.6. The lowest BCUT2D eigenvalue weighted by molar-refractivity contribution is 0.0946. The summed E-state index contributed by atoms with van der Waals surface area (Å²) < 4.78 is 0. The first-order chi connectivity index (χ1) is 12.3. The largest absolute Gasteiger partial charge is 0.395 e. The Kier molecular flexibility index (Phi) is 5.95. The number of amides is 1. The number of rotatable bonds is 6. The van der Waals surface area contributed by atoms with Crippen LogP contribution in [0.4, 0.5) is 0 Å². The number of benzene rings is 3. The minimum atomic E-state index is -0.838. The maximum Gasteiger partial charge on any atom is 0.252 e. The smallest absolute Gasteiger partial charge is 0.252 e. The predicted molar refractivity (Wildman–Crippen MR) is 105 cm³/mol. The number of aliphatic hydroxyl groups excluding tert-OH is 1. The fourth-order valence-corrected chi connectivity index (χ4v) is 5.15. The molecule has 3 rings (SSSR count). The summed E-state index contributed by atoms with van der Waals surface area (Å²) in [6.45, 7) is 0.182. The Hall–Kier alpha value is -2.48. The number of hydrogen-bond acceptors (Lipinski definition) is 2. The van der Waals surface area contributed by atoms with Gasteiger partial charge in [0.2, 0.25) is 0 Å². The molecule has 0 aliphatic heterocycles. The maximum absolute atomic E-state index is 12.6. The molecule has 0 aromatic heterocycles. The van der Waals surface area contributed by atoms with Crippen molar-refractivity contribution in [3.63, 3.8) is 0 Å². The second kappa shape index (κ2) is 8.57. The summed E-state index contributed by atoms with van der Waals surface area (Å²) >= 11 is 0. The van der Waals surface area contributed by atoms with Gasteiger partial charge in [0, 0.05) is 12.1 Å². The average Bonchev–Trinajstić information content (AvgIpc) is 2.68. The van der Waals surface area contributed by atoms with Crippen molar-refractivity contribution in [2.45, 2.75) is 0 Å². The molecule has 4 heteroatoms. The van der Waals surface area contributed by atoms with Gasteiger partial charge in [-0.15, -0.1) is 0 Å². The molecule has 2 N–H and O–H groups in total. The number of carbonyl (C=O) groups is 1. The Morgan fingerprint density at radius 2 is 1.32 bits per heavy atom. The van der Waals surface area contributed by atoms with Crippen molar-refractivity contribution in [2.24, 2.45) is 0 Å². The highest BCUT2D eigenvalue weighted by molar-refractivity contribution is 7.80. The van der Waals surface area contributed by atoms with Crippen LogP contribution in [0.2, 0.25) is 0 Å². The number of hydrogen-bond donors (Lipinski definition) is 2. The van der Waals surface area contributed by atoms with E-state index in [1.54, 1.807) is 0 Å². The topological polar surface area (TPSA) is 49.3 Å². The van der Waals surface area contributed by atoms with Gasteiger partial charge >= 0.3 is 0 Å². The number of nitrogens with one attached hydrogen (secondary N) is 1. The summed E-state index contributed by atoms with van der Waals surface area (Å²) in [7, 11) is -0.838. The van der Waals surface area contributed by atoms with E-state index in [9.17, 15) is 4.79 Å². The van der Waals surface area contributed by atoms with Gasteiger partial charge in [-0.2, -0.15) is 0 Å². The molecule has 0 bridgehead atoms. The first-order valence-electron chi connectivity index (χ1n) is 8.19. The highest BCUT2D eigenvalue weighted by Crippen LogP contribution is 2.33. The van der Waals surface area contributed by atoms with Crippen LogP contribution < -0.4 is 21.2 Å². The highest BCUT2D eigenvalue weighted by atomic mass is 31.1. The van der Waals surface area contributed by atoms with E-state index in [1.807, 2.05) is 60.7 Å². The van der Waals surface area contributed by atoms with E-state index >= 15 is 0 Å². The maximum atomic E-state index is 12.6. The normalized spacial score (nSPS) is 10.6. The molecule has 0 saturated carbocycles. The minimum Gasteiger partial charge on any atom is -0.395 e. The van der Waals surface area contributed by atoms with E-state index in [1.165, 1.54) is 10.6 Å². The third kappa shape index (κ3) is 4.14. The second-order valence-corrected chi connectivity index (χ2v) is 7.69. The van der Waals surface area contributed by atoms with E-state index in [0.717, 1.165) is 5.30 Å². The molecule has 0 fully saturated rings. The van der Waals surface area contributed by atoms with Gasteiger partial charge in [0.1, 0.15) is 0 Å². The van der Waals surface area contributed by atoms with Crippen molar-refractivity contribution in [1.82, 2.24) is 5.32 Å². The highest BCUT2D eigenvalue weighted by Gasteiger charge is 2.21. The lowest BCUT2D eigenvalue weighted by Gasteiger charge is -2.21. The molecule has 0 atom stereocenters. The molecule has 1 amide bonds. The lowest BCUT2D eigenvalue weighted by Crippen LogP contribution is -2.32. The summed E-state index contributed by atoms with van der Waals surface area (Å²) in [5.41, 5.74) is 0.662. The molecule has 0 saturated heterocycles. The van der Waals surface area contributed by atoms with E-state index < -0.39 is 7.92 Å². The van der Waals surface area contributed by atoms with Crippen molar-refractivity contribution < 1.29 is 9.90 Å². The summed E-state index contributed by atoms with van der Waals surface area (Å²) in [5, 5.41) is 15.2. The molecule has 0 spiro atoms. The molecule has 25 heavy (non-hydrogen) atoms. The van der Waals surface area contributed by atoms with Gasteiger partial charge in [0.05, 0.1) is 6.61 Å². The molecule has 0 aliphatic carbocycles. The van der Waals surface area contributed by atoms with Crippen LogP contribution in [0.5, 0.6) is 0 Å². The Labute approximate surface area is 149 Å². The van der Waals surface area contributed by atoms with Gasteiger partial charge in [0.15, 0.2) is 0 Å². The van der Waals surface area contributed by atoms with Crippen LogP contribution in [0, 0.1) is 0 Å². The van der Waals surface area contributed by atoms with E-state index in [0.29, 0.717) is 5.56 Å². The summed E-state index contributed by atoms with van der Waals surface area (Å²) in [5.74, 6) is -0.149. The first kappa shape index (κ1) is 17.3. The first-order valence-corrected chi connectivity index (χ1v) is 9.54. The summed E-state index contributed by atoms with van der Waals surface area (Å²) in [6.07, 6.45) is 0. The Balaban J connectivity index is 2.10. The molecule has 0 unspecified atom stereocenters. The minimum absolute atomic E-state index is 0.0694. The van der Waals surface area contributed by atoms with E-state index in [4.69, 9.17) is 5.11 Å².